The Labute approximate surface area is 133 Å². The fourth-order valence-corrected chi connectivity index (χ4v) is 4.06. The highest BCUT2D eigenvalue weighted by atomic mass is 32.2. The Hall–Kier alpha value is -2.55. The van der Waals surface area contributed by atoms with Crippen molar-refractivity contribution in [2.75, 3.05) is 22.2 Å². The lowest BCUT2D eigenvalue weighted by atomic mass is 10.0. The van der Waals surface area contributed by atoms with Crippen molar-refractivity contribution in [3.63, 3.8) is 0 Å². The van der Waals surface area contributed by atoms with E-state index in [1.165, 1.54) is 45.7 Å². The van der Waals surface area contributed by atoms with E-state index in [9.17, 15) is 18.0 Å². The molecule has 1 aliphatic rings. The van der Waals surface area contributed by atoms with Crippen LogP contribution in [0, 0.1) is 0 Å². The zero-order valence-electron chi connectivity index (χ0n) is 12.9. The number of rotatable bonds is 3. The van der Waals surface area contributed by atoms with Gasteiger partial charge in [-0.05, 0) is 25.1 Å². The molecule has 0 unspecified atom stereocenters. The number of fused-ring (bicyclic) bond motifs is 1. The standard InChI is InChI=1S/C14H16N4O4S/c1-4-18-12-7-9(5-6-11(12)17(3)23(18,21)22)13(19)10-8-15-16(2)14(10)20/h5-8,15H,4H2,1-3H3. The molecule has 0 spiro atoms. The molecule has 0 saturated heterocycles. The summed E-state index contributed by atoms with van der Waals surface area (Å²) < 4.78 is 28.2. The predicted molar refractivity (Wildman–Crippen MR) is 86.3 cm³/mol. The van der Waals surface area contributed by atoms with Crippen molar-refractivity contribution in [1.29, 1.82) is 0 Å². The third kappa shape index (κ3) is 2.07. The zero-order chi connectivity index (χ0) is 16.9. The van der Waals surface area contributed by atoms with Crippen LogP contribution in [0.3, 0.4) is 0 Å². The number of nitrogens with zero attached hydrogens (tertiary/aromatic N) is 3. The van der Waals surface area contributed by atoms with E-state index < -0.39 is 21.6 Å². The maximum atomic E-state index is 12.5. The first kappa shape index (κ1) is 15.3. The molecule has 1 aromatic heterocycles. The van der Waals surface area contributed by atoms with Gasteiger partial charge in [0, 0.05) is 32.4 Å². The number of aromatic nitrogens is 2. The van der Waals surface area contributed by atoms with Gasteiger partial charge >= 0.3 is 10.2 Å². The lowest BCUT2D eigenvalue weighted by Gasteiger charge is -2.16. The van der Waals surface area contributed by atoms with Gasteiger partial charge in [0.1, 0.15) is 5.56 Å². The quantitative estimate of drug-likeness (QED) is 0.824. The summed E-state index contributed by atoms with van der Waals surface area (Å²) in [6.45, 7) is 1.97. The van der Waals surface area contributed by atoms with E-state index >= 15 is 0 Å². The molecule has 0 fully saturated rings. The Bertz CT molecular complexity index is 957. The number of anilines is 2. The molecule has 1 aliphatic heterocycles. The molecule has 8 nitrogen and oxygen atoms in total. The first-order valence-electron chi connectivity index (χ1n) is 6.98. The van der Waals surface area contributed by atoms with Gasteiger partial charge in [0.2, 0.25) is 0 Å². The Morgan fingerprint density at radius 1 is 1.22 bits per heavy atom. The first-order valence-corrected chi connectivity index (χ1v) is 8.38. The molecule has 0 radical (unpaired) electrons. The summed E-state index contributed by atoms with van der Waals surface area (Å²) in [6, 6.07) is 4.61. The molecule has 9 heteroatoms. The van der Waals surface area contributed by atoms with E-state index in [0.717, 1.165) is 0 Å². The van der Waals surface area contributed by atoms with Crippen LogP contribution in [-0.2, 0) is 17.3 Å². The van der Waals surface area contributed by atoms with Crippen LogP contribution < -0.4 is 14.2 Å². The maximum Gasteiger partial charge on any atom is 0.326 e. The summed E-state index contributed by atoms with van der Waals surface area (Å²) in [7, 11) is -0.621. The van der Waals surface area contributed by atoms with Crippen LogP contribution in [0.4, 0.5) is 11.4 Å². The molecule has 0 bridgehead atoms. The second-order valence-corrected chi connectivity index (χ2v) is 7.11. The van der Waals surface area contributed by atoms with E-state index in [1.807, 2.05) is 0 Å². The van der Waals surface area contributed by atoms with Crippen molar-refractivity contribution in [3.8, 4) is 0 Å². The summed E-state index contributed by atoms with van der Waals surface area (Å²) >= 11 is 0. The van der Waals surface area contributed by atoms with Gasteiger partial charge in [-0.1, -0.05) is 0 Å². The van der Waals surface area contributed by atoms with Crippen molar-refractivity contribution < 1.29 is 13.2 Å². The largest absolute Gasteiger partial charge is 0.326 e. The molecule has 122 valence electrons. The Balaban J connectivity index is 2.11. The fraction of sp³-hybridized carbons (Fsp3) is 0.286. The van der Waals surface area contributed by atoms with Gasteiger partial charge in [-0.15, -0.1) is 0 Å². The molecule has 0 amide bonds. The monoisotopic (exact) mass is 336 g/mol. The fourth-order valence-electron chi connectivity index (χ4n) is 2.64. The van der Waals surface area contributed by atoms with Gasteiger partial charge in [0.25, 0.3) is 5.56 Å². The number of nitrogens with one attached hydrogen (secondary N) is 1. The molecule has 2 heterocycles. The number of hydrogen-bond donors (Lipinski definition) is 1. The van der Waals surface area contributed by atoms with Crippen molar-refractivity contribution in [1.82, 2.24) is 9.78 Å². The van der Waals surface area contributed by atoms with Crippen molar-refractivity contribution in [3.05, 3.63) is 45.9 Å². The molecule has 3 rings (SSSR count). The molecule has 0 atom stereocenters. The number of aryl methyl sites for hydroxylation is 1. The van der Waals surface area contributed by atoms with Gasteiger partial charge in [-0.3, -0.25) is 22.9 Å². The minimum Gasteiger partial charge on any atom is -0.302 e. The van der Waals surface area contributed by atoms with E-state index in [2.05, 4.69) is 5.10 Å². The van der Waals surface area contributed by atoms with E-state index in [-0.39, 0.29) is 17.7 Å². The van der Waals surface area contributed by atoms with Gasteiger partial charge < -0.3 is 5.10 Å². The Kier molecular flexibility index (Phi) is 3.33. The summed E-state index contributed by atoms with van der Waals surface area (Å²) in [5.41, 5.74) is 0.806. The summed E-state index contributed by atoms with van der Waals surface area (Å²) in [4.78, 5) is 24.4. The van der Waals surface area contributed by atoms with E-state index in [0.29, 0.717) is 11.4 Å². The van der Waals surface area contributed by atoms with Gasteiger partial charge in [0.05, 0.1) is 11.4 Å². The number of ketones is 1. The zero-order valence-corrected chi connectivity index (χ0v) is 13.7. The number of carbonyl (C=O) groups is 1. The summed E-state index contributed by atoms with van der Waals surface area (Å²) in [5, 5.41) is 2.65. The Morgan fingerprint density at radius 3 is 2.48 bits per heavy atom. The highest BCUT2D eigenvalue weighted by molar-refractivity contribution is 7.94. The smallest absolute Gasteiger partial charge is 0.302 e. The topological polar surface area (TPSA) is 95.5 Å². The van der Waals surface area contributed by atoms with Gasteiger partial charge in [-0.2, -0.15) is 8.42 Å². The van der Waals surface area contributed by atoms with Crippen LogP contribution in [0.1, 0.15) is 22.8 Å². The van der Waals surface area contributed by atoms with Gasteiger partial charge in [0.15, 0.2) is 5.78 Å². The van der Waals surface area contributed by atoms with E-state index in [4.69, 9.17) is 0 Å². The van der Waals surface area contributed by atoms with Crippen LogP contribution >= 0.6 is 0 Å². The highest BCUT2D eigenvalue weighted by Crippen LogP contribution is 2.40. The van der Waals surface area contributed by atoms with Crippen LogP contribution in [0.5, 0.6) is 0 Å². The molecule has 23 heavy (non-hydrogen) atoms. The average Bonchev–Trinajstić information content (AvgIpc) is 2.94. The summed E-state index contributed by atoms with van der Waals surface area (Å²) in [6.07, 6.45) is 1.35. The molecule has 2 aromatic rings. The normalized spacial score (nSPS) is 15.8. The highest BCUT2D eigenvalue weighted by Gasteiger charge is 2.37. The van der Waals surface area contributed by atoms with Crippen molar-refractivity contribution >= 4 is 27.4 Å². The first-order chi connectivity index (χ1) is 10.8. The molecule has 0 aliphatic carbocycles. The number of H-pyrrole nitrogens is 1. The number of aromatic amines is 1. The second-order valence-electron chi connectivity index (χ2n) is 5.22. The third-order valence-electron chi connectivity index (χ3n) is 3.94. The summed E-state index contributed by atoms with van der Waals surface area (Å²) in [5.74, 6) is -0.447. The van der Waals surface area contributed by atoms with Crippen LogP contribution in [0.15, 0.2) is 29.2 Å². The molecule has 0 saturated carbocycles. The number of benzene rings is 1. The molecular weight excluding hydrogens is 320 g/mol. The van der Waals surface area contributed by atoms with E-state index in [1.54, 1.807) is 13.0 Å². The van der Waals surface area contributed by atoms with Crippen molar-refractivity contribution in [2.24, 2.45) is 7.05 Å². The minimum absolute atomic E-state index is 0.0182. The van der Waals surface area contributed by atoms with Crippen molar-refractivity contribution in [2.45, 2.75) is 6.92 Å². The third-order valence-corrected chi connectivity index (χ3v) is 5.84. The van der Waals surface area contributed by atoms with Crippen LogP contribution in [0.25, 0.3) is 0 Å². The van der Waals surface area contributed by atoms with Crippen LogP contribution in [-0.4, -0.2) is 37.6 Å². The number of carbonyl (C=O) groups excluding carboxylic acids is 1. The molecule has 1 N–H and O–H groups in total. The molecule has 1 aromatic carbocycles. The second kappa shape index (κ2) is 4.98. The predicted octanol–water partition coefficient (Wildman–Crippen LogP) is 0.465. The SMILES string of the molecule is CCN1c2cc(C(=O)c3c[nH]n(C)c3=O)ccc2N(C)S1(=O)=O. The maximum absolute atomic E-state index is 12.5. The number of hydrogen-bond acceptors (Lipinski definition) is 4. The minimum atomic E-state index is -3.60. The molecular formula is C14H16N4O4S. The van der Waals surface area contributed by atoms with Gasteiger partial charge in [-0.25, -0.2) is 0 Å². The van der Waals surface area contributed by atoms with Crippen LogP contribution in [0.2, 0.25) is 0 Å². The lowest BCUT2D eigenvalue weighted by molar-refractivity contribution is 0.103. The lowest BCUT2D eigenvalue weighted by Crippen LogP contribution is -2.35. The Morgan fingerprint density at radius 2 is 1.91 bits per heavy atom. The average molecular weight is 336 g/mol.